The van der Waals surface area contributed by atoms with Crippen molar-refractivity contribution in [2.45, 2.75) is 6.18 Å². The van der Waals surface area contributed by atoms with E-state index in [0.717, 1.165) is 12.1 Å². The van der Waals surface area contributed by atoms with Gasteiger partial charge in [-0.3, -0.25) is 0 Å². The van der Waals surface area contributed by atoms with Crippen molar-refractivity contribution in [2.24, 2.45) is 7.05 Å². The molecule has 0 spiro atoms. The first-order chi connectivity index (χ1) is 7.47. The number of imidazole rings is 1. The second-order valence-electron chi connectivity index (χ2n) is 3.43. The Morgan fingerprint density at radius 2 is 2.06 bits per heavy atom. The molecule has 1 aromatic carbocycles. The molecular formula is C11H9F3N2. The van der Waals surface area contributed by atoms with E-state index in [-0.39, 0.29) is 0 Å². The lowest BCUT2D eigenvalue weighted by Crippen LogP contribution is -2.24. The third-order valence-corrected chi connectivity index (χ3v) is 2.16. The van der Waals surface area contributed by atoms with Crippen LogP contribution in [0.2, 0.25) is 0 Å². The topological polar surface area (TPSA) is 8.81 Å². The van der Waals surface area contributed by atoms with Crippen LogP contribution in [0.5, 0.6) is 0 Å². The summed E-state index contributed by atoms with van der Waals surface area (Å²) in [5.74, 6) is 0. The number of hydrogen-bond donors (Lipinski definition) is 0. The number of halogens is 3. The first kappa shape index (κ1) is 10.7. The lowest BCUT2D eigenvalue weighted by atomic mass is 10.2. The number of nitrogens with zero attached hydrogens (tertiary/aromatic N) is 2. The maximum Gasteiger partial charge on any atom is 0.415 e. The van der Waals surface area contributed by atoms with Gasteiger partial charge in [-0.05, 0) is 6.07 Å². The minimum Gasteiger partial charge on any atom is -0.326 e. The van der Waals surface area contributed by atoms with E-state index in [0.29, 0.717) is 5.69 Å². The van der Waals surface area contributed by atoms with Crippen LogP contribution in [-0.2, 0) is 13.2 Å². The average molecular weight is 226 g/mol. The number of aromatic nitrogens is 2. The van der Waals surface area contributed by atoms with Crippen molar-refractivity contribution in [3.05, 3.63) is 48.5 Å². The van der Waals surface area contributed by atoms with Crippen molar-refractivity contribution >= 4 is 0 Å². The van der Waals surface area contributed by atoms with Crippen LogP contribution in [-0.4, -0.2) is 4.57 Å². The van der Waals surface area contributed by atoms with Crippen LogP contribution >= 0.6 is 0 Å². The molecule has 0 aliphatic rings. The van der Waals surface area contributed by atoms with E-state index in [4.69, 9.17) is 0 Å². The van der Waals surface area contributed by atoms with E-state index < -0.39 is 11.7 Å². The van der Waals surface area contributed by atoms with E-state index in [1.54, 1.807) is 30.1 Å². The van der Waals surface area contributed by atoms with Crippen LogP contribution in [0.3, 0.4) is 0 Å². The monoisotopic (exact) mass is 226 g/mol. The Labute approximate surface area is 90.6 Å². The number of aryl methyl sites for hydroxylation is 1. The Morgan fingerprint density at radius 1 is 1.31 bits per heavy atom. The summed E-state index contributed by atoms with van der Waals surface area (Å²) < 4.78 is 40.5. The first-order valence-electron chi connectivity index (χ1n) is 4.61. The summed E-state index contributed by atoms with van der Waals surface area (Å²) >= 11 is 0. The van der Waals surface area contributed by atoms with Gasteiger partial charge in [-0.2, -0.15) is 13.2 Å². The molecule has 16 heavy (non-hydrogen) atoms. The quantitative estimate of drug-likeness (QED) is 0.520. The summed E-state index contributed by atoms with van der Waals surface area (Å²) in [6.07, 6.45) is 1.88. The maximum absolute atomic E-state index is 12.5. The molecule has 2 nitrogen and oxygen atoms in total. The minimum atomic E-state index is -4.31. The molecular weight excluding hydrogens is 217 g/mol. The highest BCUT2D eigenvalue weighted by Crippen LogP contribution is 2.30. The lowest BCUT2D eigenvalue weighted by molar-refractivity contribution is -0.674. The van der Waals surface area contributed by atoms with Crippen molar-refractivity contribution in [1.29, 1.82) is 0 Å². The molecule has 0 aliphatic heterocycles. The molecule has 84 valence electrons. The van der Waals surface area contributed by atoms with Crippen LogP contribution in [0.4, 0.5) is 13.2 Å². The van der Waals surface area contributed by atoms with Crippen LogP contribution in [0.15, 0.2) is 36.7 Å². The minimum absolute atomic E-state index is 0.440. The molecule has 5 heteroatoms. The van der Waals surface area contributed by atoms with E-state index >= 15 is 0 Å². The van der Waals surface area contributed by atoms with Gasteiger partial charge in [0.05, 0.1) is 18.3 Å². The molecule has 0 radical (unpaired) electrons. The number of benzene rings is 1. The molecule has 0 amide bonds. The fraction of sp³-hybridized carbons (Fsp3) is 0.182. The van der Waals surface area contributed by atoms with Gasteiger partial charge in [0.1, 0.15) is 0 Å². The molecule has 0 saturated heterocycles. The van der Waals surface area contributed by atoms with E-state index in [1.807, 2.05) is 0 Å². The average Bonchev–Trinajstić information content (AvgIpc) is 2.64. The van der Waals surface area contributed by atoms with Gasteiger partial charge in [-0.15, -0.1) is 0 Å². The van der Waals surface area contributed by atoms with Crippen LogP contribution < -0.4 is 4.57 Å². The molecule has 2 rings (SSSR count). The standard InChI is InChI=1S/C11H9F3N2/c1-15-5-6-16(8-15)10-4-2-3-9(7-10)11(12,13)14/h2-7H,1H3. The van der Waals surface area contributed by atoms with Gasteiger partial charge < -0.3 is 9.13 Å². The molecule has 0 aliphatic carbocycles. The molecule has 0 atom stereocenters. The van der Waals surface area contributed by atoms with E-state index in [2.05, 4.69) is 6.33 Å². The molecule has 0 fully saturated rings. The largest absolute Gasteiger partial charge is 0.415 e. The highest BCUT2D eigenvalue weighted by Gasteiger charge is 2.30. The van der Waals surface area contributed by atoms with Crippen molar-refractivity contribution < 1.29 is 17.7 Å². The third kappa shape index (κ3) is 2.08. The number of hydrogen-bond acceptors (Lipinski definition) is 0. The third-order valence-electron chi connectivity index (χ3n) is 2.16. The van der Waals surface area contributed by atoms with Crippen molar-refractivity contribution in [1.82, 2.24) is 4.57 Å². The highest BCUT2D eigenvalue weighted by molar-refractivity contribution is 5.36. The normalized spacial score (nSPS) is 11.8. The molecule has 1 aromatic heterocycles. The molecule has 0 N–H and O–H groups in total. The van der Waals surface area contributed by atoms with Gasteiger partial charge in [0.2, 0.25) is 6.33 Å². The first-order valence-corrected chi connectivity index (χ1v) is 4.61. The summed E-state index contributed by atoms with van der Waals surface area (Å²) in [6, 6.07) is 5.13. The Bertz CT molecular complexity index is 500. The van der Waals surface area contributed by atoms with Crippen molar-refractivity contribution in [2.75, 3.05) is 0 Å². The predicted octanol–water partition coefficient (Wildman–Crippen LogP) is 2.12. The maximum atomic E-state index is 12.5. The number of rotatable bonds is 1. The van der Waals surface area contributed by atoms with Gasteiger partial charge >= 0.3 is 6.18 Å². The second kappa shape index (κ2) is 3.66. The summed E-state index contributed by atoms with van der Waals surface area (Å²) in [6.45, 7) is 0. The lowest BCUT2D eigenvalue weighted by Gasteiger charge is -2.09. The summed E-state index contributed by atoms with van der Waals surface area (Å²) in [4.78, 5) is 0. The number of alkyl halides is 3. The Hall–Kier alpha value is -1.78. The van der Waals surface area contributed by atoms with Gasteiger partial charge in [0.25, 0.3) is 0 Å². The predicted molar refractivity (Wildman–Crippen MR) is 50.8 cm³/mol. The second-order valence-corrected chi connectivity index (χ2v) is 3.43. The fourth-order valence-corrected chi connectivity index (χ4v) is 1.38. The molecule has 2 aromatic rings. The van der Waals surface area contributed by atoms with Crippen molar-refractivity contribution in [3.8, 4) is 5.69 Å². The van der Waals surface area contributed by atoms with Gasteiger partial charge in [-0.1, -0.05) is 18.2 Å². The van der Waals surface area contributed by atoms with E-state index in [1.165, 1.54) is 10.6 Å². The smallest absolute Gasteiger partial charge is 0.326 e. The zero-order valence-electron chi connectivity index (χ0n) is 8.49. The molecule has 0 bridgehead atoms. The molecule has 1 heterocycles. The zero-order chi connectivity index (χ0) is 11.8. The molecule has 0 unspecified atom stereocenters. The Morgan fingerprint density at radius 3 is 2.62 bits per heavy atom. The zero-order valence-corrected chi connectivity index (χ0v) is 8.49. The highest BCUT2D eigenvalue weighted by atomic mass is 19.4. The fourth-order valence-electron chi connectivity index (χ4n) is 1.38. The van der Waals surface area contributed by atoms with E-state index in [9.17, 15) is 13.2 Å². The van der Waals surface area contributed by atoms with Crippen LogP contribution in [0, 0.1) is 6.33 Å². The van der Waals surface area contributed by atoms with Gasteiger partial charge in [0.15, 0.2) is 0 Å². The van der Waals surface area contributed by atoms with Crippen LogP contribution in [0.1, 0.15) is 5.56 Å². The van der Waals surface area contributed by atoms with Crippen LogP contribution in [0.25, 0.3) is 5.69 Å². The summed E-state index contributed by atoms with van der Waals surface area (Å²) in [5, 5.41) is 0. The summed E-state index contributed by atoms with van der Waals surface area (Å²) in [7, 11) is 1.75. The van der Waals surface area contributed by atoms with Gasteiger partial charge in [0, 0.05) is 12.4 Å². The summed E-state index contributed by atoms with van der Waals surface area (Å²) in [5.41, 5.74) is -0.217. The Balaban J connectivity index is 2.44. The SMILES string of the molecule is C[n+]1[c-]n(-c2cccc(C(F)(F)F)c2)cc1. The Kier molecular flexibility index (Phi) is 2.46. The molecule has 0 saturated carbocycles. The van der Waals surface area contributed by atoms with Gasteiger partial charge in [-0.25, -0.2) is 0 Å². The van der Waals surface area contributed by atoms with Crippen molar-refractivity contribution in [3.63, 3.8) is 0 Å².